The van der Waals surface area contributed by atoms with Crippen LogP contribution in [0.5, 0.6) is 5.75 Å². The van der Waals surface area contributed by atoms with Gasteiger partial charge in [0.2, 0.25) is 0 Å². The summed E-state index contributed by atoms with van der Waals surface area (Å²) in [5.74, 6) is 0.570. The molecule has 0 radical (unpaired) electrons. The zero-order chi connectivity index (χ0) is 13.5. The Hall–Kier alpha value is -2.36. The average Bonchev–Trinajstić information content (AvgIpc) is 2.46. The van der Waals surface area contributed by atoms with Gasteiger partial charge in [-0.05, 0) is 37.3 Å². The summed E-state index contributed by atoms with van der Waals surface area (Å²) in [6, 6.07) is 12.7. The molecule has 98 valence electrons. The highest BCUT2D eigenvalue weighted by Gasteiger charge is 2.06. The lowest BCUT2D eigenvalue weighted by molar-refractivity contribution is 0.0950. The molecular formula is C15H16N2O2. The maximum absolute atomic E-state index is 12.0. The topological polar surface area (TPSA) is 51.2 Å². The Morgan fingerprint density at radius 1 is 1.26 bits per heavy atom. The van der Waals surface area contributed by atoms with Crippen molar-refractivity contribution in [2.75, 3.05) is 6.61 Å². The maximum atomic E-state index is 12.0. The van der Waals surface area contributed by atoms with Crippen molar-refractivity contribution in [1.29, 1.82) is 0 Å². The van der Waals surface area contributed by atoms with Gasteiger partial charge in [0, 0.05) is 11.8 Å². The van der Waals surface area contributed by atoms with Gasteiger partial charge >= 0.3 is 0 Å². The van der Waals surface area contributed by atoms with E-state index in [1.807, 2.05) is 31.2 Å². The number of benzene rings is 1. The molecule has 0 aliphatic heterocycles. The van der Waals surface area contributed by atoms with Crippen molar-refractivity contribution >= 4 is 5.91 Å². The molecule has 0 spiro atoms. The van der Waals surface area contributed by atoms with Gasteiger partial charge in [-0.2, -0.15) is 0 Å². The molecule has 0 bridgehead atoms. The lowest BCUT2D eigenvalue weighted by Gasteiger charge is -2.07. The first-order valence-corrected chi connectivity index (χ1v) is 6.20. The van der Waals surface area contributed by atoms with Gasteiger partial charge < -0.3 is 10.1 Å². The number of hydrogen-bond donors (Lipinski definition) is 1. The van der Waals surface area contributed by atoms with Crippen molar-refractivity contribution in [2.24, 2.45) is 0 Å². The predicted molar refractivity (Wildman–Crippen MR) is 73.0 cm³/mol. The Labute approximate surface area is 112 Å². The number of nitrogens with one attached hydrogen (secondary N) is 1. The summed E-state index contributed by atoms with van der Waals surface area (Å²) in [6.07, 6.45) is 1.71. The number of nitrogens with zero attached hydrogens (tertiary/aromatic N) is 1. The predicted octanol–water partition coefficient (Wildman–Crippen LogP) is 2.41. The highest BCUT2D eigenvalue weighted by molar-refractivity contribution is 5.94. The van der Waals surface area contributed by atoms with Gasteiger partial charge in [0.25, 0.3) is 5.91 Å². The molecule has 1 amide bonds. The smallest absolute Gasteiger partial charge is 0.251 e. The highest BCUT2D eigenvalue weighted by Crippen LogP contribution is 2.13. The van der Waals surface area contributed by atoms with E-state index < -0.39 is 0 Å². The van der Waals surface area contributed by atoms with Crippen LogP contribution in [-0.4, -0.2) is 17.5 Å². The van der Waals surface area contributed by atoms with E-state index in [-0.39, 0.29) is 5.91 Å². The van der Waals surface area contributed by atoms with Crippen molar-refractivity contribution in [3.8, 4) is 5.75 Å². The van der Waals surface area contributed by atoms with E-state index >= 15 is 0 Å². The quantitative estimate of drug-likeness (QED) is 0.893. The van der Waals surface area contributed by atoms with E-state index in [1.54, 1.807) is 24.4 Å². The molecular weight excluding hydrogens is 240 g/mol. The van der Waals surface area contributed by atoms with Crippen molar-refractivity contribution in [3.63, 3.8) is 0 Å². The number of carbonyl (C=O) groups is 1. The van der Waals surface area contributed by atoms with Crippen LogP contribution in [0.15, 0.2) is 48.7 Å². The second-order valence-electron chi connectivity index (χ2n) is 3.96. The fourth-order valence-corrected chi connectivity index (χ4v) is 1.67. The Bertz CT molecular complexity index is 541. The molecule has 4 nitrogen and oxygen atoms in total. The summed E-state index contributed by atoms with van der Waals surface area (Å²) in [6.45, 7) is 2.91. The van der Waals surface area contributed by atoms with E-state index in [1.165, 1.54) is 0 Å². The first kappa shape index (κ1) is 13.1. The zero-order valence-corrected chi connectivity index (χ0v) is 10.8. The molecule has 0 saturated heterocycles. The van der Waals surface area contributed by atoms with Gasteiger partial charge in [-0.15, -0.1) is 0 Å². The summed E-state index contributed by atoms with van der Waals surface area (Å²) in [5.41, 5.74) is 1.42. The number of amides is 1. The van der Waals surface area contributed by atoms with Crippen LogP contribution in [0.4, 0.5) is 0 Å². The standard InChI is InChI=1S/C15H16N2O2/c1-2-19-14-8-5-6-12(10-14)15(18)17-11-13-7-3-4-9-16-13/h3-10H,2,11H2,1H3,(H,17,18). The second-order valence-corrected chi connectivity index (χ2v) is 3.96. The molecule has 0 aliphatic rings. The van der Waals surface area contributed by atoms with Gasteiger partial charge in [-0.3, -0.25) is 9.78 Å². The molecule has 19 heavy (non-hydrogen) atoms. The zero-order valence-electron chi connectivity index (χ0n) is 10.8. The van der Waals surface area contributed by atoms with Crippen LogP contribution in [0.3, 0.4) is 0 Å². The molecule has 0 atom stereocenters. The lowest BCUT2D eigenvalue weighted by atomic mass is 10.2. The molecule has 2 aromatic rings. The third-order valence-electron chi connectivity index (χ3n) is 2.56. The fourth-order valence-electron chi connectivity index (χ4n) is 1.67. The van der Waals surface area contributed by atoms with Crippen molar-refractivity contribution in [3.05, 3.63) is 59.9 Å². The van der Waals surface area contributed by atoms with Crippen LogP contribution in [0.1, 0.15) is 23.0 Å². The van der Waals surface area contributed by atoms with E-state index in [0.29, 0.717) is 24.5 Å². The van der Waals surface area contributed by atoms with Gasteiger partial charge in [-0.1, -0.05) is 12.1 Å². The minimum Gasteiger partial charge on any atom is -0.494 e. The van der Waals surface area contributed by atoms with Gasteiger partial charge in [0.15, 0.2) is 0 Å². The van der Waals surface area contributed by atoms with Gasteiger partial charge in [0.1, 0.15) is 5.75 Å². The monoisotopic (exact) mass is 256 g/mol. The first-order valence-electron chi connectivity index (χ1n) is 6.20. The van der Waals surface area contributed by atoms with E-state index in [2.05, 4.69) is 10.3 Å². The number of pyridine rings is 1. The summed E-state index contributed by atoms with van der Waals surface area (Å²) in [4.78, 5) is 16.1. The third-order valence-corrected chi connectivity index (χ3v) is 2.56. The highest BCUT2D eigenvalue weighted by atomic mass is 16.5. The molecule has 0 saturated carbocycles. The van der Waals surface area contributed by atoms with Crippen molar-refractivity contribution in [1.82, 2.24) is 10.3 Å². The fraction of sp³-hybridized carbons (Fsp3) is 0.200. The second kappa shape index (κ2) is 6.54. The summed E-state index contributed by atoms with van der Waals surface area (Å²) >= 11 is 0. The van der Waals surface area contributed by atoms with Crippen LogP contribution in [0.2, 0.25) is 0 Å². The van der Waals surface area contributed by atoms with E-state index in [4.69, 9.17) is 4.74 Å². The minimum absolute atomic E-state index is 0.132. The number of carbonyl (C=O) groups excluding carboxylic acids is 1. The van der Waals surface area contributed by atoms with Crippen molar-refractivity contribution < 1.29 is 9.53 Å². The molecule has 1 aromatic carbocycles. The summed E-state index contributed by atoms with van der Waals surface area (Å²) in [7, 11) is 0. The molecule has 0 aliphatic carbocycles. The van der Waals surface area contributed by atoms with Crippen LogP contribution in [-0.2, 0) is 6.54 Å². The molecule has 0 unspecified atom stereocenters. The Morgan fingerprint density at radius 2 is 2.16 bits per heavy atom. The van der Waals surface area contributed by atoms with Crippen LogP contribution < -0.4 is 10.1 Å². The van der Waals surface area contributed by atoms with Gasteiger partial charge in [-0.25, -0.2) is 0 Å². The molecule has 1 aromatic heterocycles. The number of hydrogen-bond acceptors (Lipinski definition) is 3. The molecule has 0 fully saturated rings. The lowest BCUT2D eigenvalue weighted by Crippen LogP contribution is -2.23. The van der Waals surface area contributed by atoms with E-state index in [9.17, 15) is 4.79 Å². The summed E-state index contributed by atoms with van der Waals surface area (Å²) in [5, 5.41) is 2.83. The number of rotatable bonds is 5. The molecule has 1 heterocycles. The van der Waals surface area contributed by atoms with Crippen LogP contribution >= 0.6 is 0 Å². The van der Waals surface area contributed by atoms with Gasteiger partial charge in [0.05, 0.1) is 18.8 Å². The molecule has 4 heteroatoms. The largest absolute Gasteiger partial charge is 0.494 e. The minimum atomic E-state index is -0.132. The maximum Gasteiger partial charge on any atom is 0.251 e. The Balaban J connectivity index is 1.98. The number of ether oxygens (including phenoxy) is 1. The molecule has 2 rings (SSSR count). The van der Waals surface area contributed by atoms with E-state index in [0.717, 1.165) is 5.69 Å². The third kappa shape index (κ3) is 3.81. The normalized spacial score (nSPS) is 9.95. The van der Waals surface area contributed by atoms with Crippen LogP contribution in [0, 0.1) is 0 Å². The Morgan fingerprint density at radius 3 is 2.89 bits per heavy atom. The first-order chi connectivity index (χ1) is 9.29. The SMILES string of the molecule is CCOc1cccc(C(=O)NCc2ccccn2)c1. The summed E-state index contributed by atoms with van der Waals surface area (Å²) < 4.78 is 5.37. The van der Waals surface area contributed by atoms with Crippen molar-refractivity contribution in [2.45, 2.75) is 13.5 Å². The molecule has 1 N–H and O–H groups in total. The Kier molecular flexibility index (Phi) is 4.50. The number of aromatic nitrogens is 1. The van der Waals surface area contributed by atoms with Crippen LogP contribution in [0.25, 0.3) is 0 Å². The average molecular weight is 256 g/mol.